The SMILES string of the molecule is c1ccc([P+](c2ccccc2)(c2ccccc2)c2ccncc2CSc2ncccn2)cc1. The maximum atomic E-state index is 4.52. The fraction of sp³-hybridized carbons (Fsp3) is 0.0357. The van der Waals surface area contributed by atoms with Crippen LogP contribution in [0.1, 0.15) is 5.56 Å². The lowest BCUT2D eigenvalue weighted by Gasteiger charge is -2.29. The first-order valence-corrected chi connectivity index (χ1v) is 13.6. The zero-order valence-electron chi connectivity index (χ0n) is 18.0. The molecule has 5 heteroatoms. The minimum atomic E-state index is -2.16. The number of benzene rings is 3. The minimum Gasteiger partial charge on any atom is -0.264 e. The summed E-state index contributed by atoms with van der Waals surface area (Å²) < 4.78 is 0. The predicted octanol–water partition coefficient (Wildman–Crippen LogP) is 4.78. The third-order valence-electron chi connectivity index (χ3n) is 5.57. The molecule has 0 saturated heterocycles. The molecule has 0 aliphatic rings. The van der Waals surface area contributed by atoms with Crippen molar-refractivity contribution in [3.8, 4) is 0 Å². The Bertz CT molecular complexity index is 1200. The molecule has 0 fully saturated rings. The summed E-state index contributed by atoms with van der Waals surface area (Å²) in [5, 5.41) is 6.09. The molecule has 0 aliphatic heterocycles. The van der Waals surface area contributed by atoms with Gasteiger partial charge in [0.05, 0.1) is 0 Å². The van der Waals surface area contributed by atoms with Crippen molar-refractivity contribution in [3.63, 3.8) is 0 Å². The summed E-state index contributed by atoms with van der Waals surface area (Å²) in [6.07, 6.45) is 7.50. The molecule has 0 amide bonds. The van der Waals surface area contributed by atoms with Crippen molar-refractivity contribution in [2.45, 2.75) is 10.9 Å². The summed E-state index contributed by atoms with van der Waals surface area (Å²) >= 11 is 1.64. The van der Waals surface area contributed by atoms with Gasteiger partial charge in [-0.15, -0.1) is 0 Å². The second-order valence-corrected chi connectivity index (χ2v) is 11.8. The molecule has 0 bridgehead atoms. The van der Waals surface area contributed by atoms with Crippen molar-refractivity contribution < 1.29 is 0 Å². The van der Waals surface area contributed by atoms with Crippen LogP contribution >= 0.6 is 19.0 Å². The lowest BCUT2D eigenvalue weighted by atomic mass is 10.3. The van der Waals surface area contributed by atoms with Gasteiger partial charge < -0.3 is 0 Å². The molecule has 5 rings (SSSR count). The third-order valence-corrected chi connectivity index (χ3v) is 10.9. The quantitative estimate of drug-likeness (QED) is 0.197. The van der Waals surface area contributed by atoms with Gasteiger partial charge in [0.2, 0.25) is 0 Å². The molecule has 5 aromatic rings. The maximum Gasteiger partial charge on any atom is 0.187 e. The van der Waals surface area contributed by atoms with Gasteiger partial charge in [0.1, 0.15) is 28.5 Å². The molecule has 2 aromatic heterocycles. The van der Waals surface area contributed by atoms with E-state index in [9.17, 15) is 0 Å². The van der Waals surface area contributed by atoms with Crippen molar-refractivity contribution in [2.75, 3.05) is 0 Å². The van der Waals surface area contributed by atoms with E-state index in [2.05, 4.69) is 112 Å². The lowest BCUT2D eigenvalue weighted by molar-refractivity contribution is 0.966. The van der Waals surface area contributed by atoms with E-state index in [1.54, 1.807) is 24.2 Å². The van der Waals surface area contributed by atoms with Crippen molar-refractivity contribution in [1.29, 1.82) is 0 Å². The Morgan fingerprint density at radius 3 is 1.61 bits per heavy atom. The van der Waals surface area contributed by atoms with Crippen LogP contribution in [0.15, 0.2) is 133 Å². The number of nitrogens with zero attached hydrogens (tertiary/aromatic N) is 3. The number of rotatable bonds is 7. The minimum absolute atomic E-state index is 0.751. The molecule has 33 heavy (non-hydrogen) atoms. The van der Waals surface area contributed by atoms with Crippen LogP contribution in [0.2, 0.25) is 0 Å². The summed E-state index contributed by atoms with van der Waals surface area (Å²) in [6.45, 7) is 0. The number of thioether (sulfide) groups is 1. The van der Waals surface area contributed by atoms with Crippen molar-refractivity contribution >= 4 is 40.2 Å². The summed E-state index contributed by atoms with van der Waals surface area (Å²) in [6, 6.07) is 36.8. The highest BCUT2D eigenvalue weighted by Gasteiger charge is 2.49. The fourth-order valence-electron chi connectivity index (χ4n) is 4.18. The van der Waals surface area contributed by atoms with Crippen LogP contribution in [0.5, 0.6) is 0 Å². The summed E-state index contributed by atoms with van der Waals surface area (Å²) in [7, 11) is -2.16. The topological polar surface area (TPSA) is 38.7 Å². The zero-order valence-corrected chi connectivity index (χ0v) is 19.7. The Hall–Kier alpha value is -3.33. The molecule has 3 nitrogen and oxygen atoms in total. The molecule has 160 valence electrons. The van der Waals surface area contributed by atoms with Crippen LogP contribution in [-0.2, 0) is 5.75 Å². The van der Waals surface area contributed by atoms with Crippen LogP contribution in [-0.4, -0.2) is 15.0 Å². The van der Waals surface area contributed by atoms with E-state index in [1.807, 2.05) is 18.5 Å². The van der Waals surface area contributed by atoms with Gasteiger partial charge in [0.15, 0.2) is 5.16 Å². The van der Waals surface area contributed by atoms with Crippen LogP contribution in [0.4, 0.5) is 0 Å². The normalized spacial score (nSPS) is 11.3. The molecule has 0 atom stereocenters. The first-order chi connectivity index (χ1) is 16.4. The molecule has 2 heterocycles. The molecule has 0 aliphatic carbocycles. The predicted molar refractivity (Wildman–Crippen MR) is 141 cm³/mol. The average Bonchev–Trinajstić information content (AvgIpc) is 2.91. The van der Waals surface area contributed by atoms with Crippen LogP contribution in [0.25, 0.3) is 0 Å². The van der Waals surface area contributed by atoms with Gasteiger partial charge in [-0.3, -0.25) is 4.98 Å². The number of aromatic nitrogens is 3. The van der Waals surface area contributed by atoms with E-state index >= 15 is 0 Å². The molecule has 0 unspecified atom stereocenters. The monoisotopic (exact) mass is 464 g/mol. The highest BCUT2D eigenvalue weighted by molar-refractivity contribution is 8.02. The van der Waals surface area contributed by atoms with Crippen LogP contribution < -0.4 is 21.2 Å². The molecule has 0 spiro atoms. The van der Waals surface area contributed by atoms with Crippen LogP contribution in [0.3, 0.4) is 0 Å². The Morgan fingerprint density at radius 2 is 1.09 bits per heavy atom. The lowest BCUT2D eigenvalue weighted by Crippen LogP contribution is -2.40. The van der Waals surface area contributed by atoms with E-state index in [-0.39, 0.29) is 0 Å². The first-order valence-electron chi connectivity index (χ1n) is 10.8. The number of hydrogen-bond donors (Lipinski definition) is 0. The Morgan fingerprint density at radius 1 is 0.576 bits per heavy atom. The zero-order chi connectivity index (χ0) is 22.3. The van der Waals surface area contributed by atoms with Gasteiger partial charge in [-0.1, -0.05) is 66.4 Å². The smallest absolute Gasteiger partial charge is 0.187 e. The molecular formula is C28H23N3PS+. The molecular weight excluding hydrogens is 441 g/mol. The van der Waals surface area contributed by atoms with E-state index in [0.717, 1.165) is 10.9 Å². The van der Waals surface area contributed by atoms with Gasteiger partial charge in [0.25, 0.3) is 0 Å². The van der Waals surface area contributed by atoms with Gasteiger partial charge in [-0.25, -0.2) is 9.97 Å². The van der Waals surface area contributed by atoms with Crippen molar-refractivity contribution in [1.82, 2.24) is 15.0 Å². The van der Waals surface area contributed by atoms with E-state index in [4.69, 9.17) is 0 Å². The Balaban J connectivity index is 1.76. The standard InChI is InChI=1S/C28H23N3PS/c1-4-11-24(12-5-1)32(25-13-6-2-7-14-25,26-15-8-3-9-16-26)27-17-20-29-21-23(27)22-33-28-30-18-10-19-31-28/h1-21H,22H2/q+1. The second-order valence-electron chi connectivity index (χ2n) is 7.50. The summed E-state index contributed by atoms with van der Waals surface area (Å²) in [5.41, 5.74) is 1.21. The summed E-state index contributed by atoms with van der Waals surface area (Å²) in [5.74, 6) is 0.751. The Kier molecular flexibility index (Phi) is 6.57. The molecule has 3 aromatic carbocycles. The van der Waals surface area contributed by atoms with Gasteiger partial charge in [-0.05, 0) is 42.5 Å². The number of hydrogen-bond acceptors (Lipinski definition) is 4. The Labute approximate surface area is 199 Å². The van der Waals surface area contributed by atoms with E-state index < -0.39 is 7.26 Å². The average molecular weight is 465 g/mol. The van der Waals surface area contributed by atoms with Crippen molar-refractivity contribution in [3.05, 3.63) is 133 Å². The van der Waals surface area contributed by atoms with Gasteiger partial charge in [-0.2, -0.15) is 0 Å². The largest absolute Gasteiger partial charge is 0.264 e. The van der Waals surface area contributed by atoms with Gasteiger partial charge in [0, 0.05) is 42.2 Å². The maximum absolute atomic E-state index is 4.52. The first kappa shape index (κ1) is 21.5. The van der Waals surface area contributed by atoms with E-state index in [1.165, 1.54) is 26.8 Å². The third kappa shape index (κ3) is 4.32. The molecule has 0 N–H and O–H groups in total. The highest BCUT2D eigenvalue weighted by Crippen LogP contribution is 2.55. The highest BCUT2D eigenvalue weighted by atomic mass is 32.2. The fourth-order valence-corrected chi connectivity index (χ4v) is 9.52. The summed E-state index contributed by atoms with van der Waals surface area (Å²) in [4.78, 5) is 13.3. The number of pyridine rings is 1. The molecule has 0 saturated carbocycles. The van der Waals surface area contributed by atoms with E-state index in [0.29, 0.717) is 0 Å². The van der Waals surface area contributed by atoms with Crippen LogP contribution in [0, 0.1) is 0 Å². The molecule has 0 radical (unpaired) electrons. The second kappa shape index (κ2) is 10.1. The van der Waals surface area contributed by atoms with Gasteiger partial charge >= 0.3 is 0 Å². The van der Waals surface area contributed by atoms with Crippen molar-refractivity contribution in [2.24, 2.45) is 0 Å².